The highest BCUT2D eigenvalue weighted by Gasteiger charge is 2.22. The Morgan fingerprint density at radius 1 is 0.903 bits per heavy atom. The first-order valence-electron chi connectivity index (χ1n) is 10.6. The van der Waals surface area contributed by atoms with Gasteiger partial charge in [-0.15, -0.1) is 0 Å². The molecule has 0 saturated heterocycles. The van der Waals surface area contributed by atoms with E-state index in [2.05, 4.69) is 13.0 Å². The smallest absolute Gasteiger partial charge is 0.296 e. The van der Waals surface area contributed by atoms with Gasteiger partial charge in [0.2, 0.25) is 0 Å². The lowest BCUT2D eigenvalue weighted by Crippen LogP contribution is -2.18. The minimum absolute atomic E-state index is 0.0228. The van der Waals surface area contributed by atoms with Crippen LogP contribution in [0.15, 0.2) is 83.8 Å². The molecule has 0 aliphatic heterocycles. The minimum Gasteiger partial charge on any atom is -0.489 e. The van der Waals surface area contributed by atoms with Gasteiger partial charge in [0.25, 0.3) is 10.1 Å². The number of aryl methyl sites for hydroxylation is 1. The molecule has 0 aromatic heterocycles. The lowest BCUT2D eigenvalue weighted by atomic mass is 9.85. The molecule has 2 atom stereocenters. The van der Waals surface area contributed by atoms with Gasteiger partial charge >= 0.3 is 0 Å². The Balaban J connectivity index is 1.64. The summed E-state index contributed by atoms with van der Waals surface area (Å²) in [4.78, 5) is 0.189. The molecule has 4 nitrogen and oxygen atoms in total. The second-order valence-electron chi connectivity index (χ2n) is 7.89. The van der Waals surface area contributed by atoms with Gasteiger partial charge in [-0.3, -0.25) is 4.18 Å². The van der Waals surface area contributed by atoms with Crippen molar-refractivity contribution in [1.29, 1.82) is 0 Å². The summed E-state index contributed by atoms with van der Waals surface area (Å²) in [5.74, 6) is 0.989. The van der Waals surface area contributed by atoms with E-state index < -0.39 is 10.1 Å². The molecule has 164 valence electrons. The molecule has 0 spiro atoms. The fourth-order valence-corrected chi connectivity index (χ4v) is 4.63. The Labute approximate surface area is 186 Å². The van der Waals surface area contributed by atoms with E-state index in [-0.39, 0.29) is 23.3 Å². The molecule has 0 saturated carbocycles. The fourth-order valence-electron chi connectivity index (χ4n) is 3.63. The van der Waals surface area contributed by atoms with Crippen molar-refractivity contribution >= 4 is 10.1 Å². The van der Waals surface area contributed by atoms with E-state index in [1.54, 1.807) is 24.3 Å². The van der Waals surface area contributed by atoms with Crippen molar-refractivity contribution in [2.24, 2.45) is 5.92 Å². The predicted molar refractivity (Wildman–Crippen MR) is 124 cm³/mol. The van der Waals surface area contributed by atoms with Gasteiger partial charge in [0.15, 0.2) is 0 Å². The first-order chi connectivity index (χ1) is 14.9. The van der Waals surface area contributed by atoms with E-state index in [4.69, 9.17) is 8.92 Å². The zero-order chi connectivity index (χ0) is 22.3. The second kappa shape index (κ2) is 10.6. The summed E-state index contributed by atoms with van der Waals surface area (Å²) in [6.45, 7) is 6.69. The van der Waals surface area contributed by atoms with Gasteiger partial charge < -0.3 is 4.74 Å². The SMILES string of the molecule is CC[C@@H](c1cccc(OCc2ccccc2)c1)[C@@H](C)COS(=O)(=O)c1ccc(C)cc1. The molecule has 0 unspecified atom stereocenters. The van der Waals surface area contributed by atoms with Crippen LogP contribution in [0.1, 0.15) is 42.9 Å². The van der Waals surface area contributed by atoms with Gasteiger partial charge in [-0.25, -0.2) is 0 Å². The van der Waals surface area contributed by atoms with Crippen molar-refractivity contribution in [3.8, 4) is 5.75 Å². The topological polar surface area (TPSA) is 52.6 Å². The van der Waals surface area contributed by atoms with E-state index in [0.29, 0.717) is 6.61 Å². The predicted octanol–water partition coefficient (Wildman–Crippen LogP) is 6.11. The Kier molecular flexibility index (Phi) is 7.88. The van der Waals surface area contributed by atoms with Crippen molar-refractivity contribution in [1.82, 2.24) is 0 Å². The molecule has 0 amide bonds. The first-order valence-corrected chi connectivity index (χ1v) is 12.0. The molecule has 0 N–H and O–H groups in total. The summed E-state index contributed by atoms with van der Waals surface area (Å²) >= 11 is 0. The average Bonchev–Trinajstić information content (AvgIpc) is 2.78. The molecular weight excluding hydrogens is 408 g/mol. The van der Waals surface area contributed by atoms with Crippen LogP contribution in [0.4, 0.5) is 0 Å². The minimum atomic E-state index is -3.77. The summed E-state index contributed by atoms with van der Waals surface area (Å²) in [6.07, 6.45) is 0.872. The number of hydrogen-bond acceptors (Lipinski definition) is 4. The largest absolute Gasteiger partial charge is 0.489 e. The lowest BCUT2D eigenvalue weighted by Gasteiger charge is -2.23. The van der Waals surface area contributed by atoms with Gasteiger partial charge in [-0.05, 0) is 60.6 Å². The van der Waals surface area contributed by atoms with Crippen LogP contribution in [-0.4, -0.2) is 15.0 Å². The quantitative estimate of drug-likeness (QED) is 0.358. The van der Waals surface area contributed by atoms with Crippen LogP contribution in [0.2, 0.25) is 0 Å². The Morgan fingerprint density at radius 2 is 1.61 bits per heavy atom. The third-order valence-electron chi connectivity index (χ3n) is 5.46. The maximum atomic E-state index is 12.5. The van der Waals surface area contributed by atoms with Crippen LogP contribution in [0.5, 0.6) is 5.75 Å². The van der Waals surface area contributed by atoms with Crippen LogP contribution in [0.25, 0.3) is 0 Å². The van der Waals surface area contributed by atoms with E-state index >= 15 is 0 Å². The van der Waals surface area contributed by atoms with E-state index in [1.807, 2.05) is 62.4 Å². The molecule has 31 heavy (non-hydrogen) atoms. The normalized spacial score (nSPS) is 13.5. The number of ether oxygens (including phenoxy) is 1. The Bertz CT molecular complexity index is 1060. The van der Waals surface area contributed by atoms with Gasteiger partial charge in [-0.2, -0.15) is 8.42 Å². The molecule has 3 aromatic carbocycles. The number of hydrogen-bond donors (Lipinski definition) is 0. The third kappa shape index (κ3) is 6.42. The van der Waals surface area contributed by atoms with Crippen LogP contribution in [-0.2, 0) is 20.9 Å². The summed E-state index contributed by atoms with van der Waals surface area (Å²) < 4.78 is 36.4. The van der Waals surface area contributed by atoms with Gasteiger partial charge in [0, 0.05) is 0 Å². The summed E-state index contributed by atoms with van der Waals surface area (Å²) in [6, 6.07) is 24.8. The van der Waals surface area contributed by atoms with Crippen LogP contribution in [0.3, 0.4) is 0 Å². The number of rotatable bonds is 10. The van der Waals surface area contributed by atoms with Crippen molar-refractivity contribution < 1.29 is 17.3 Å². The van der Waals surface area contributed by atoms with E-state index in [9.17, 15) is 8.42 Å². The monoisotopic (exact) mass is 438 g/mol. The zero-order valence-electron chi connectivity index (χ0n) is 18.3. The molecule has 5 heteroatoms. The Hall–Kier alpha value is -2.63. The maximum absolute atomic E-state index is 12.5. The van der Waals surface area contributed by atoms with Crippen molar-refractivity contribution in [3.63, 3.8) is 0 Å². The second-order valence-corrected chi connectivity index (χ2v) is 9.51. The molecular formula is C26H30O4S. The molecule has 3 rings (SSSR count). The average molecular weight is 439 g/mol. The van der Waals surface area contributed by atoms with Gasteiger partial charge in [0.1, 0.15) is 12.4 Å². The Morgan fingerprint density at radius 3 is 2.29 bits per heavy atom. The highest BCUT2D eigenvalue weighted by Crippen LogP contribution is 2.31. The lowest BCUT2D eigenvalue weighted by molar-refractivity contribution is 0.239. The van der Waals surface area contributed by atoms with Crippen molar-refractivity contribution in [3.05, 3.63) is 95.6 Å². The highest BCUT2D eigenvalue weighted by molar-refractivity contribution is 7.86. The van der Waals surface area contributed by atoms with Gasteiger partial charge in [-0.1, -0.05) is 74.0 Å². The van der Waals surface area contributed by atoms with E-state index in [0.717, 1.165) is 28.9 Å². The summed E-state index contributed by atoms with van der Waals surface area (Å²) in [5, 5.41) is 0. The highest BCUT2D eigenvalue weighted by atomic mass is 32.2. The van der Waals surface area contributed by atoms with Crippen molar-refractivity contribution in [2.45, 2.75) is 44.6 Å². The van der Waals surface area contributed by atoms with Crippen LogP contribution < -0.4 is 4.74 Å². The van der Waals surface area contributed by atoms with E-state index in [1.165, 1.54) is 0 Å². The molecule has 0 aliphatic carbocycles. The first kappa shape index (κ1) is 23.0. The maximum Gasteiger partial charge on any atom is 0.296 e. The van der Waals surface area contributed by atoms with Crippen molar-refractivity contribution in [2.75, 3.05) is 6.61 Å². The van der Waals surface area contributed by atoms with Gasteiger partial charge in [0.05, 0.1) is 11.5 Å². The standard InChI is InChI=1S/C26H30O4S/c1-4-26(21(3)18-30-31(27,28)25-15-13-20(2)14-16-25)23-11-8-12-24(17-23)29-19-22-9-6-5-7-10-22/h5-17,21,26H,4,18-19H2,1-3H3/t21-,26+/m0/s1. The molecule has 3 aromatic rings. The number of benzene rings is 3. The summed E-state index contributed by atoms with van der Waals surface area (Å²) in [5.41, 5.74) is 3.24. The third-order valence-corrected chi connectivity index (χ3v) is 6.75. The zero-order valence-corrected chi connectivity index (χ0v) is 19.1. The molecule has 0 radical (unpaired) electrons. The van der Waals surface area contributed by atoms with Crippen LogP contribution >= 0.6 is 0 Å². The molecule has 0 heterocycles. The molecule has 0 fully saturated rings. The fraction of sp³-hybridized carbons (Fsp3) is 0.308. The molecule has 0 bridgehead atoms. The molecule has 0 aliphatic rings. The van der Waals surface area contributed by atoms with Crippen LogP contribution in [0, 0.1) is 12.8 Å². The summed E-state index contributed by atoms with van der Waals surface area (Å²) in [7, 11) is -3.77.